The lowest BCUT2D eigenvalue weighted by atomic mass is 9.72. The summed E-state index contributed by atoms with van der Waals surface area (Å²) < 4.78 is 16.0. The van der Waals surface area contributed by atoms with Crippen molar-refractivity contribution in [1.29, 1.82) is 0 Å². The SMILES string of the molecule is COc1cc2c(cc1C1(N=C=O)CCC1)OCO2. The van der Waals surface area contributed by atoms with Crippen molar-refractivity contribution in [3.63, 3.8) is 0 Å². The van der Waals surface area contributed by atoms with Gasteiger partial charge in [-0.2, -0.15) is 4.99 Å². The van der Waals surface area contributed by atoms with Crippen LogP contribution in [-0.2, 0) is 10.3 Å². The lowest BCUT2D eigenvalue weighted by Crippen LogP contribution is -2.32. The molecule has 5 heteroatoms. The van der Waals surface area contributed by atoms with Crippen LogP contribution in [0.4, 0.5) is 0 Å². The number of aliphatic imine (C=N–C) groups is 1. The Morgan fingerprint density at radius 1 is 1.33 bits per heavy atom. The first kappa shape index (κ1) is 11.1. The summed E-state index contributed by atoms with van der Waals surface area (Å²) in [6.07, 6.45) is 4.38. The van der Waals surface area contributed by atoms with Crippen LogP contribution in [0, 0.1) is 0 Å². The molecule has 0 bridgehead atoms. The molecular formula is C13H13NO4. The molecule has 1 saturated carbocycles. The second-order valence-electron chi connectivity index (χ2n) is 4.49. The van der Waals surface area contributed by atoms with Gasteiger partial charge in [-0.1, -0.05) is 0 Å². The van der Waals surface area contributed by atoms with Gasteiger partial charge in [0.05, 0.1) is 7.11 Å². The first-order valence-electron chi connectivity index (χ1n) is 5.86. The maximum absolute atomic E-state index is 10.6. The van der Waals surface area contributed by atoms with E-state index in [1.807, 2.05) is 6.07 Å². The van der Waals surface area contributed by atoms with Crippen molar-refractivity contribution in [1.82, 2.24) is 0 Å². The van der Waals surface area contributed by atoms with Gasteiger partial charge >= 0.3 is 0 Å². The van der Waals surface area contributed by atoms with E-state index in [9.17, 15) is 4.79 Å². The maximum atomic E-state index is 10.6. The highest BCUT2D eigenvalue weighted by atomic mass is 16.7. The van der Waals surface area contributed by atoms with E-state index in [4.69, 9.17) is 14.2 Å². The fourth-order valence-corrected chi connectivity index (χ4v) is 2.50. The van der Waals surface area contributed by atoms with E-state index in [2.05, 4.69) is 4.99 Å². The van der Waals surface area contributed by atoms with E-state index >= 15 is 0 Å². The Labute approximate surface area is 104 Å². The van der Waals surface area contributed by atoms with Gasteiger partial charge in [-0.3, -0.25) is 0 Å². The van der Waals surface area contributed by atoms with Gasteiger partial charge in [0.15, 0.2) is 11.5 Å². The molecule has 5 nitrogen and oxygen atoms in total. The number of rotatable bonds is 3. The fraction of sp³-hybridized carbons (Fsp3) is 0.462. The number of hydrogen-bond acceptors (Lipinski definition) is 5. The summed E-state index contributed by atoms with van der Waals surface area (Å²) in [4.78, 5) is 14.6. The number of isocyanates is 1. The van der Waals surface area contributed by atoms with Gasteiger partial charge in [0.25, 0.3) is 0 Å². The number of ether oxygens (including phenoxy) is 3. The van der Waals surface area contributed by atoms with Crippen molar-refractivity contribution in [3.05, 3.63) is 17.7 Å². The molecule has 3 rings (SSSR count). The highest BCUT2D eigenvalue weighted by Crippen LogP contribution is 2.51. The van der Waals surface area contributed by atoms with E-state index in [0.29, 0.717) is 17.2 Å². The average Bonchev–Trinajstić information content (AvgIpc) is 2.79. The predicted octanol–water partition coefficient (Wildman–Crippen LogP) is 2.14. The number of fused-ring (bicyclic) bond motifs is 1. The molecule has 94 valence electrons. The smallest absolute Gasteiger partial charge is 0.235 e. The van der Waals surface area contributed by atoms with Crippen LogP contribution in [0.25, 0.3) is 0 Å². The second-order valence-corrected chi connectivity index (χ2v) is 4.49. The number of hydrogen-bond donors (Lipinski definition) is 0. The number of benzene rings is 1. The predicted molar refractivity (Wildman–Crippen MR) is 62.8 cm³/mol. The molecule has 0 saturated heterocycles. The van der Waals surface area contributed by atoms with Gasteiger partial charge in [-0.05, 0) is 25.3 Å². The summed E-state index contributed by atoms with van der Waals surface area (Å²) in [5.41, 5.74) is 0.387. The van der Waals surface area contributed by atoms with Gasteiger partial charge < -0.3 is 14.2 Å². The third kappa shape index (κ3) is 1.48. The monoisotopic (exact) mass is 247 g/mol. The minimum Gasteiger partial charge on any atom is -0.496 e. The summed E-state index contributed by atoms with van der Waals surface area (Å²) >= 11 is 0. The molecule has 1 aromatic rings. The van der Waals surface area contributed by atoms with Crippen LogP contribution < -0.4 is 14.2 Å². The van der Waals surface area contributed by atoms with Crippen LogP contribution in [0.1, 0.15) is 24.8 Å². The first-order valence-corrected chi connectivity index (χ1v) is 5.86. The Morgan fingerprint density at radius 2 is 2.06 bits per heavy atom. The van der Waals surface area contributed by atoms with Crippen LogP contribution in [0.3, 0.4) is 0 Å². The average molecular weight is 247 g/mol. The molecular weight excluding hydrogens is 234 g/mol. The Hall–Kier alpha value is -2.00. The molecule has 0 aromatic heterocycles. The molecule has 0 unspecified atom stereocenters. The van der Waals surface area contributed by atoms with E-state index in [-0.39, 0.29) is 6.79 Å². The zero-order valence-corrected chi connectivity index (χ0v) is 10.1. The molecule has 1 aliphatic heterocycles. The third-order valence-corrected chi connectivity index (χ3v) is 3.64. The minimum atomic E-state index is -0.492. The van der Waals surface area contributed by atoms with Crippen molar-refractivity contribution in [2.75, 3.05) is 13.9 Å². The molecule has 0 atom stereocenters. The van der Waals surface area contributed by atoms with Gasteiger partial charge in [0.2, 0.25) is 12.9 Å². The summed E-state index contributed by atoms with van der Waals surface area (Å²) in [7, 11) is 1.60. The van der Waals surface area contributed by atoms with Crippen LogP contribution in [0.15, 0.2) is 17.1 Å². The largest absolute Gasteiger partial charge is 0.496 e. The zero-order chi connectivity index (χ0) is 12.6. The number of carbonyl (C=O) groups excluding carboxylic acids is 1. The molecule has 0 N–H and O–H groups in total. The van der Waals surface area contributed by atoms with Crippen LogP contribution >= 0.6 is 0 Å². The third-order valence-electron chi connectivity index (χ3n) is 3.64. The molecule has 0 radical (unpaired) electrons. The number of methoxy groups -OCH3 is 1. The van der Waals surface area contributed by atoms with Crippen molar-refractivity contribution in [3.8, 4) is 17.2 Å². The van der Waals surface area contributed by atoms with Crippen molar-refractivity contribution >= 4 is 6.08 Å². The van der Waals surface area contributed by atoms with Gasteiger partial charge in [0.1, 0.15) is 11.3 Å². The zero-order valence-electron chi connectivity index (χ0n) is 10.1. The molecule has 1 fully saturated rings. The lowest BCUT2D eigenvalue weighted by molar-refractivity contribution is 0.173. The molecule has 0 spiro atoms. The first-order chi connectivity index (χ1) is 8.79. The van der Waals surface area contributed by atoms with E-state index in [0.717, 1.165) is 24.8 Å². The van der Waals surface area contributed by atoms with Gasteiger partial charge in [0, 0.05) is 11.6 Å². The van der Waals surface area contributed by atoms with Crippen molar-refractivity contribution in [2.24, 2.45) is 4.99 Å². The molecule has 1 aliphatic carbocycles. The van der Waals surface area contributed by atoms with Gasteiger partial charge in [-0.25, -0.2) is 4.79 Å². The second kappa shape index (κ2) is 4.03. The van der Waals surface area contributed by atoms with E-state index in [1.165, 1.54) is 0 Å². The van der Waals surface area contributed by atoms with Gasteiger partial charge in [-0.15, -0.1) is 0 Å². The summed E-state index contributed by atoms with van der Waals surface area (Å²) in [6, 6.07) is 3.65. The summed E-state index contributed by atoms with van der Waals surface area (Å²) in [5, 5.41) is 0. The van der Waals surface area contributed by atoms with E-state index < -0.39 is 5.54 Å². The van der Waals surface area contributed by atoms with Crippen LogP contribution in [-0.4, -0.2) is 20.0 Å². The van der Waals surface area contributed by atoms with Crippen molar-refractivity contribution in [2.45, 2.75) is 24.8 Å². The van der Waals surface area contributed by atoms with Crippen LogP contribution in [0.5, 0.6) is 17.2 Å². The Morgan fingerprint density at radius 3 is 2.61 bits per heavy atom. The van der Waals surface area contributed by atoms with Crippen LogP contribution in [0.2, 0.25) is 0 Å². The Bertz CT molecular complexity index is 530. The minimum absolute atomic E-state index is 0.214. The van der Waals surface area contributed by atoms with Crippen molar-refractivity contribution < 1.29 is 19.0 Å². The summed E-state index contributed by atoms with van der Waals surface area (Å²) in [5.74, 6) is 2.02. The van der Waals surface area contributed by atoms with E-state index in [1.54, 1.807) is 19.3 Å². The molecule has 18 heavy (non-hydrogen) atoms. The molecule has 0 amide bonds. The normalized spacial score (nSPS) is 18.7. The highest BCUT2D eigenvalue weighted by molar-refractivity contribution is 5.55. The highest BCUT2D eigenvalue weighted by Gasteiger charge is 2.42. The quantitative estimate of drug-likeness (QED) is 0.606. The Balaban J connectivity index is 2.13. The molecule has 1 aromatic carbocycles. The topological polar surface area (TPSA) is 57.1 Å². The standard InChI is InChI=1S/C13H13NO4/c1-16-10-6-12-11(17-8-18-12)5-9(10)13(14-7-15)3-2-4-13/h5-6H,2-4,8H2,1H3. The Kier molecular flexibility index (Phi) is 2.49. The molecule has 1 heterocycles. The lowest BCUT2D eigenvalue weighted by Gasteiger charge is -2.37. The molecule has 2 aliphatic rings. The maximum Gasteiger partial charge on any atom is 0.235 e. The fourth-order valence-electron chi connectivity index (χ4n) is 2.50. The number of nitrogens with zero attached hydrogens (tertiary/aromatic N) is 1. The summed E-state index contributed by atoms with van der Waals surface area (Å²) in [6.45, 7) is 0.214.